The number of hydrogen-bond donors (Lipinski definition) is 1. The van der Waals surface area contributed by atoms with Crippen LogP contribution in [-0.2, 0) is 14.1 Å². The second-order valence-corrected chi connectivity index (χ2v) is 4.80. The van der Waals surface area contributed by atoms with Gasteiger partial charge in [0, 0.05) is 32.2 Å². The standard InChI is InChI=1S/C15H14N4O2.ClH/c1-18-12-6-5-11(8-13(12)19(2)15(18)21)17-14(20)10-4-3-7-16-9-10;/h3-9H,1-2H3,(H,17,20);1H. The van der Waals surface area contributed by atoms with E-state index in [2.05, 4.69) is 10.3 Å². The van der Waals surface area contributed by atoms with E-state index in [0.717, 1.165) is 11.0 Å². The molecular formula is C15H15ClN4O2. The third-order valence-electron chi connectivity index (χ3n) is 3.45. The fourth-order valence-electron chi connectivity index (χ4n) is 2.28. The van der Waals surface area contributed by atoms with E-state index in [1.165, 1.54) is 6.20 Å². The van der Waals surface area contributed by atoms with Gasteiger partial charge in [0.2, 0.25) is 0 Å². The number of aryl methyl sites for hydroxylation is 2. The van der Waals surface area contributed by atoms with Gasteiger partial charge in [-0.1, -0.05) is 0 Å². The number of nitrogens with one attached hydrogen (secondary N) is 1. The smallest absolute Gasteiger partial charge is 0.322 e. The summed E-state index contributed by atoms with van der Waals surface area (Å²) in [5, 5.41) is 2.80. The maximum atomic E-state index is 12.1. The summed E-state index contributed by atoms with van der Waals surface area (Å²) in [7, 11) is 3.43. The van der Waals surface area contributed by atoms with Crippen LogP contribution < -0.4 is 11.0 Å². The number of nitrogens with zero attached hydrogens (tertiary/aromatic N) is 3. The Morgan fingerprint density at radius 1 is 1.14 bits per heavy atom. The van der Waals surface area contributed by atoms with Crippen LogP contribution in [0.25, 0.3) is 11.0 Å². The maximum Gasteiger partial charge on any atom is 0.328 e. The predicted octanol–water partition coefficient (Wildman–Crippen LogP) is 1.95. The van der Waals surface area contributed by atoms with E-state index < -0.39 is 0 Å². The molecule has 0 atom stereocenters. The Morgan fingerprint density at radius 2 is 1.86 bits per heavy atom. The number of anilines is 1. The first-order chi connectivity index (χ1) is 10.1. The lowest BCUT2D eigenvalue weighted by Crippen LogP contribution is -2.19. The van der Waals surface area contributed by atoms with E-state index in [4.69, 9.17) is 0 Å². The number of rotatable bonds is 2. The number of pyridine rings is 1. The van der Waals surface area contributed by atoms with E-state index in [1.807, 2.05) is 6.07 Å². The predicted molar refractivity (Wildman–Crippen MR) is 87.6 cm³/mol. The summed E-state index contributed by atoms with van der Waals surface area (Å²) in [6.07, 6.45) is 3.12. The quantitative estimate of drug-likeness (QED) is 0.785. The van der Waals surface area contributed by atoms with Crippen LogP contribution in [0.3, 0.4) is 0 Å². The Kier molecular flexibility index (Phi) is 4.32. The number of benzene rings is 1. The Labute approximate surface area is 132 Å². The summed E-state index contributed by atoms with van der Waals surface area (Å²) < 4.78 is 3.12. The molecule has 3 aromatic rings. The monoisotopic (exact) mass is 318 g/mol. The van der Waals surface area contributed by atoms with Crippen molar-refractivity contribution in [2.45, 2.75) is 0 Å². The van der Waals surface area contributed by atoms with Gasteiger partial charge in [0.15, 0.2) is 0 Å². The molecule has 3 rings (SSSR count). The number of hydrogen-bond acceptors (Lipinski definition) is 3. The highest BCUT2D eigenvalue weighted by molar-refractivity contribution is 6.04. The third-order valence-corrected chi connectivity index (χ3v) is 3.45. The molecule has 6 nitrogen and oxygen atoms in total. The van der Waals surface area contributed by atoms with Gasteiger partial charge >= 0.3 is 5.69 Å². The fourth-order valence-corrected chi connectivity index (χ4v) is 2.28. The zero-order valence-corrected chi connectivity index (χ0v) is 12.9. The number of aromatic nitrogens is 3. The average Bonchev–Trinajstić information content (AvgIpc) is 2.73. The van der Waals surface area contributed by atoms with Crippen LogP contribution in [0.2, 0.25) is 0 Å². The lowest BCUT2D eigenvalue weighted by molar-refractivity contribution is 0.102. The first-order valence-electron chi connectivity index (χ1n) is 6.45. The molecule has 0 saturated carbocycles. The number of imidazole rings is 1. The van der Waals surface area contributed by atoms with Crippen LogP contribution in [0.15, 0.2) is 47.5 Å². The molecule has 1 amide bonds. The molecule has 1 N–H and O–H groups in total. The molecule has 0 radical (unpaired) electrons. The van der Waals surface area contributed by atoms with Crippen molar-refractivity contribution in [2.24, 2.45) is 14.1 Å². The molecule has 0 aliphatic rings. The van der Waals surface area contributed by atoms with Crippen molar-refractivity contribution < 1.29 is 4.79 Å². The van der Waals surface area contributed by atoms with Crippen LogP contribution in [-0.4, -0.2) is 20.0 Å². The first kappa shape index (κ1) is 15.8. The van der Waals surface area contributed by atoms with Crippen molar-refractivity contribution in [3.8, 4) is 0 Å². The zero-order chi connectivity index (χ0) is 15.0. The number of carbonyl (C=O) groups excluding carboxylic acids is 1. The maximum absolute atomic E-state index is 12.1. The van der Waals surface area contributed by atoms with Gasteiger partial charge in [0.05, 0.1) is 16.6 Å². The summed E-state index contributed by atoms with van der Waals surface area (Å²) >= 11 is 0. The molecule has 0 aliphatic heterocycles. The molecule has 1 aromatic carbocycles. The Hall–Kier alpha value is -2.60. The van der Waals surface area contributed by atoms with Gasteiger partial charge in [-0.15, -0.1) is 12.4 Å². The molecule has 2 heterocycles. The SMILES string of the molecule is Cl.Cn1c(=O)n(C)c2cc(NC(=O)c3cccnc3)ccc21. The van der Waals surface area contributed by atoms with E-state index >= 15 is 0 Å². The lowest BCUT2D eigenvalue weighted by Gasteiger charge is -2.05. The van der Waals surface area contributed by atoms with E-state index in [0.29, 0.717) is 11.3 Å². The van der Waals surface area contributed by atoms with E-state index in [9.17, 15) is 9.59 Å². The van der Waals surface area contributed by atoms with Crippen LogP contribution in [0.4, 0.5) is 5.69 Å². The average molecular weight is 319 g/mol. The molecule has 0 saturated heterocycles. The van der Waals surface area contributed by atoms with Crippen LogP contribution in [0.1, 0.15) is 10.4 Å². The van der Waals surface area contributed by atoms with Crippen LogP contribution >= 0.6 is 12.4 Å². The van der Waals surface area contributed by atoms with Gasteiger partial charge in [-0.05, 0) is 30.3 Å². The molecule has 114 valence electrons. The summed E-state index contributed by atoms with van der Waals surface area (Å²) in [5.74, 6) is -0.233. The molecule has 0 bridgehead atoms. The van der Waals surface area contributed by atoms with Gasteiger partial charge in [-0.25, -0.2) is 4.79 Å². The van der Waals surface area contributed by atoms with Crippen LogP contribution in [0.5, 0.6) is 0 Å². The van der Waals surface area contributed by atoms with Crippen molar-refractivity contribution in [1.82, 2.24) is 14.1 Å². The van der Waals surface area contributed by atoms with E-state index in [-0.39, 0.29) is 24.0 Å². The zero-order valence-electron chi connectivity index (χ0n) is 12.1. The van der Waals surface area contributed by atoms with Crippen molar-refractivity contribution in [3.05, 3.63) is 58.8 Å². The van der Waals surface area contributed by atoms with E-state index in [1.54, 1.807) is 53.7 Å². The molecule has 0 spiro atoms. The minimum absolute atomic E-state index is 0. The Balaban J connectivity index is 0.00000176. The normalized spacial score (nSPS) is 10.3. The highest BCUT2D eigenvalue weighted by Crippen LogP contribution is 2.18. The molecule has 0 unspecified atom stereocenters. The summed E-state index contributed by atoms with van der Waals surface area (Å²) in [6, 6.07) is 8.77. The number of carbonyl (C=O) groups is 1. The molecule has 0 fully saturated rings. The Bertz CT molecular complexity index is 884. The van der Waals surface area contributed by atoms with Gasteiger partial charge in [0.1, 0.15) is 0 Å². The second-order valence-electron chi connectivity index (χ2n) is 4.80. The number of halogens is 1. The number of fused-ring (bicyclic) bond motifs is 1. The largest absolute Gasteiger partial charge is 0.328 e. The van der Waals surface area contributed by atoms with Gasteiger partial charge < -0.3 is 5.32 Å². The minimum atomic E-state index is -0.233. The van der Waals surface area contributed by atoms with Gasteiger partial charge in [0.25, 0.3) is 5.91 Å². The topological polar surface area (TPSA) is 68.9 Å². The molecule has 2 aromatic heterocycles. The molecule has 0 aliphatic carbocycles. The summed E-state index contributed by atoms with van der Waals surface area (Å²) in [4.78, 5) is 27.9. The fraction of sp³-hybridized carbons (Fsp3) is 0.133. The molecular weight excluding hydrogens is 304 g/mol. The highest BCUT2D eigenvalue weighted by Gasteiger charge is 2.10. The van der Waals surface area contributed by atoms with Crippen LogP contribution in [0, 0.1) is 0 Å². The third kappa shape index (κ3) is 2.60. The lowest BCUT2D eigenvalue weighted by atomic mass is 10.2. The Morgan fingerprint density at radius 3 is 2.55 bits per heavy atom. The highest BCUT2D eigenvalue weighted by atomic mass is 35.5. The molecule has 22 heavy (non-hydrogen) atoms. The molecule has 7 heteroatoms. The van der Waals surface area contributed by atoms with Gasteiger partial charge in [-0.2, -0.15) is 0 Å². The summed E-state index contributed by atoms with van der Waals surface area (Å²) in [6.45, 7) is 0. The van der Waals surface area contributed by atoms with Crippen molar-refractivity contribution in [3.63, 3.8) is 0 Å². The number of amides is 1. The first-order valence-corrected chi connectivity index (χ1v) is 6.45. The van der Waals surface area contributed by atoms with Crippen molar-refractivity contribution >= 4 is 35.0 Å². The second kappa shape index (κ2) is 6.03. The minimum Gasteiger partial charge on any atom is -0.322 e. The van der Waals surface area contributed by atoms with Gasteiger partial charge in [-0.3, -0.25) is 18.9 Å². The van der Waals surface area contributed by atoms with Crippen molar-refractivity contribution in [2.75, 3.05) is 5.32 Å². The van der Waals surface area contributed by atoms with Crippen molar-refractivity contribution in [1.29, 1.82) is 0 Å². The summed E-state index contributed by atoms with van der Waals surface area (Å²) in [5.41, 5.74) is 2.62.